The van der Waals surface area contributed by atoms with E-state index in [-0.39, 0.29) is 6.09 Å². The van der Waals surface area contributed by atoms with E-state index in [1.54, 1.807) is 11.9 Å². The minimum absolute atomic E-state index is 0.302. The summed E-state index contributed by atoms with van der Waals surface area (Å²) in [5.41, 5.74) is 2.92. The molecule has 2 radical (unpaired) electrons. The van der Waals surface area contributed by atoms with Crippen LogP contribution in [0.3, 0.4) is 0 Å². The Labute approximate surface area is 123 Å². The standard InChI is InChI=1S/C16H24BNO2/c1-12(13-6-8-14(17)9-7-13)10-11-18(5)15(19)20-16(2,3)4/h6,8,10H,7,9,11H2,1-5H3/b12-10+. The van der Waals surface area contributed by atoms with Crippen molar-refractivity contribution < 1.29 is 9.53 Å². The zero-order valence-electron chi connectivity index (χ0n) is 13.2. The molecule has 3 nitrogen and oxygen atoms in total. The second-order valence-electron chi connectivity index (χ2n) is 6.18. The topological polar surface area (TPSA) is 29.5 Å². The molecule has 0 spiro atoms. The zero-order valence-corrected chi connectivity index (χ0v) is 13.2. The third-order valence-corrected chi connectivity index (χ3v) is 3.06. The first kappa shape index (κ1) is 16.6. The van der Waals surface area contributed by atoms with E-state index in [1.807, 2.05) is 32.9 Å². The average molecular weight is 273 g/mol. The first-order valence-corrected chi connectivity index (χ1v) is 6.95. The van der Waals surface area contributed by atoms with E-state index >= 15 is 0 Å². The van der Waals surface area contributed by atoms with Crippen LogP contribution in [0.15, 0.2) is 34.8 Å². The number of likely N-dealkylation sites (N-methyl/N-ethyl adjacent to an activating group) is 1. The van der Waals surface area contributed by atoms with Crippen molar-refractivity contribution in [3.63, 3.8) is 0 Å². The summed E-state index contributed by atoms with van der Waals surface area (Å²) >= 11 is 0. The molecule has 0 saturated heterocycles. The fourth-order valence-corrected chi connectivity index (χ4v) is 1.80. The molecule has 1 rings (SSSR count). The van der Waals surface area contributed by atoms with Crippen LogP contribution in [-0.2, 0) is 4.74 Å². The van der Waals surface area contributed by atoms with Crippen molar-refractivity contribution in [1.82, 2.24) is 4.90 Å². The number of amides is 1. The van der Waals surface area contributed by atoms with Gasteiger partial charge in [0.05, 0.1) is 0 Å². The molecule has 0 aromatic heterocycles. The van der Waals surface area contributed by atoms with Crippen LogP contribution in [0.2, 0.25) is 0 Å². The number of allylic oxidation sites excluding steroid dienone is 5. The highest BCUT2D eigenvalue weighted by Gasteiger charge is 2.18. The summed E-state index contributed by atoms with van der Waals surface area (Å²) in [4.78, 5) is 13.4. The Morgan fingerprint density at radius 1 is 1.40 bits per heavy atom. The third kappa shape index (κ3) is 5.68. The summed E-state index contributed by atoms with van der Waals surface area (Å²) in [5, 5.41) is 0. The molecular formula is C16H24BNO2. The monoisotopic (exact) mass is 273 g/mol. The van der Waals surface area contributed by atoms with Gasteiger partial charge >= 0.3 is 6.09 Å². The molecule has 20 heavy (non-hydrogen) atoms. The number of carbonyl (C=O) groups excluding carboxylic acids is 1. The van der Waals surface area contributed by atoms with E-state index in [0.29, 0.717) is 6.54 Å². The van der Waals surface area contributed by atoms with E-state index < -0.39 is 5.60 Å². The lowest BCUT2D eigenvalue weighted by Crippen LogP contribution is -2.34. The largest absolute Gasteiger partial charge is 0.444 e. The molecule has 1 amide bonds. The molecule has 0 N–H and O–H groups in total. The maximum absolute atomic E-state index is 11.8. The van der Waals surface area contributed by atoms with Gasteiger partial charge in [0, 0.05) is 13.6 Å². The normalized spacial score (nSPS) is 16.4. The van der Waals surface area contributed by atoms with E-state index in [0.717, 1.165) is 18.3 Å². The second kappa shape index (κ2) is 6.82. The highest BCUT2D eigenvalue weighted by atomic mass is 16.6. The van der Waals surface area contributed by atoms with Gasteiger partial charge in [-0.25, -0.2) is 4.79 Å². The molecule has 0 atom stereocenters. The summed E-state index contributed by atoms with van der Waals surface area (Å²) in [7, 11) is 7.49. The number of hydrogen-bond donors (Lipinski definition) is 0. The van der Waals surface area contributed by atoms with E-state index in [1.165, 1.54) is 11.1 Å². The molecule has 0 aliphatic heterocycles. The van der Waals surface area contributed by atoms with Crippen LogP contribution >= 0.6 is 0 Å². The van der Waals surface area contributed by atoms with Gasteiger partial charge in [-0.3, -0.25) is 0 Å². The summed E-state index contributed by atoms with van der Waals surface area (Å²) in [6.07, 6.45) is 7.61. The lowest BCUT2D eigenvalue weighted by Gasteiger charge is -2.24. The molecule has 0 bridgehead atoms. The van der Waals surface area contributed by atoms with Crippen LogP contribution in [0, 0.1) is 0 Å². The Kier molecular flexibility index (Phi) is 5.67. The summed E-state index contributed by atoms with van der Waals surface area (Å²) in [5.74, 6) is 0. The minimum atomic E-state index is -0.460. The second-order valence-corrected chi connectivity index (χ2v) is 6.18. The molecule has 0 saturated carbocycles. The van der Waals surface area contributed by atoms with Crippen molar-refractivity contribution in [3.8, 4) is 0 Å². The Morgan fingerprint density at radius 2 is 2.05 bits per heavy atom. The lowest BCUT2D eigenvalue weighted by molar-refractivity contribution is 0.0317. The number of rotatable bonds is 3. The van der Waals surface area contributed by atoms with Gasteiger partial charge in [-0.15, -0.1) is 5.47 Å². The van der Waals surface area contributed by atoms with Crippen LogP contribution in [0.4, 0.5) is 4.79 Å². The van der Waals surface area contributed by atoms with Crippen molar-refractivity contribution in [2.24, 2.45) is 0 Å². The maximum atomic E-state index is 11.8. The van der Waals surface area contributed by atoms with Crippen molar-refractivity contribution in [1.29, 1.82) is 0 Å². The highest BCUT2D eigenvalue weighted by molar-refractivity contribution is 6.21. The highest BCUT2D eigenvalue weighted by Crippen LogP contribution is 2.22. The van der Waals surface area contributed by atoms with Gasteiger partial charge < -0.3 is 9.64 Å². The first-order chi connectivity index (χ1) is 9.19. The predicted molar refractivity (Wildman–Crippen MR) is 83.8 cm³/mol. The lowest BCUT2D eigenvalue weighted by atomic mass is 9.84. The van der Waals surface area contributed by atoms with Gasteiger partial charge in [-0.1, -0.05) is 23.8 Å². The Hall–Kier alpha value is -1.45. The van der Waals surface area contributed by atoms with Gasteiger partial charge in [-0.05, 0) is 46.1 Å². The summed E-state index contributed by atoms with van der Waals surface area (Å²) in [6.45, 7) is 8.19. The SMILES string of the molecule is [B]C1=CC=C(/C(C)=C/CN(C)C(=O)OC(C)(C)C)CC1. The summed E-state index contributed by atoms with van der Waals surface area (Å²) < 4.78 is 5.31. The predicted octanol–water partition coefficient (Wildman–Crippen LogP) is 3.57. The smallest absolute Gasteiger partial charge is 0.410 e. The van der Waals surface area contributed by atoms with Crippen molar-refractivity contribution in [2.45, 2.75) is 46.1 Å². The van der Waals surface area contributed by atoms with Gasteiger partial charge in [0.1, 0.15) is 13.4 Å². The van der Waals surface area contributed by atoms with E-state index in [4.69, 9.17) is 12.6 Å². The van der Waals surface area contributed by atoms with Crippen molar-refractivity contribution in [3.05, 3.63) is 34.8 Å². The molecule has 1 aliphatic rings. The molecule has 1 aliphatic carbocycles. The van der Waals surface area contributed by atoms with Crippen LogP contribution < -0.4 is 0 Å². The van der Waals surface area contributed by atoms with E-state index in [2.05, 4.69) is 13.0 Å². The van der Waals surface area contributed by atoms with Gasteiger partial charge in [0.2, 0.25) is 0 Å². The van der Waals surface area contributed by atoms with Crippen molar-refractivity contribution >= 4 is 13.9 Å². The van der Waals surface area contributed by atoms with Gasteiger partial charge in [0.25, 0.3) is 0 Å². The molecule has 0 heterocycles. The molecule has 0 fully saturated rings. The maximum Gasteiger partial charge on any atom is 0.410 e. The van der Waals surface area contributed by atoms with Crippen molar-refractivity contribution in [2.75, 3.05) is 13.6 Å². The van der Waals surface area contributed by atoms with Gasteiger partial charge in [0.15, 0.2) is 0 Å². The summed E-state index contributed by atoms with van der Waals surface area (Å²) in [6, 6.07) is 0. The van der Waals surface area contributed by atoms with Crippen LogP contribution in [0.1, 0.15) is 40.5 Å². The fraction of sp³-hybridized carbons (Fsp3) is 0.562. The first-order valence-electron chi connectivity index (χ1n) is 6.95. The minimum Gasteiger partial charge on any atom is -0.444 e. The Balaban J connectivity index is 2.57. The number of nitrogens with zero attached hydrogens (tertiary/aromatic N) is 1. The Morgan fingerprint density at radius 3 is 2.55 bits per heavy atom. The van der Waals surface area contributed by atoms with E-state index in [9.17, 15) is 4.79 Å². The Bertz CT molecular complexity index is 456. The number of hydrogen-bond acceptors (Lipinski definition) is 2. The van der Waals surface area contributed by atoms with Crippen LogP contribution in [0.5, 0.6) is 0 Å². The van der Waals surface area contributed by atoms with Crippen LogP contribution in [0.25, 0.3) is 0 Å². The molecule has 0 aromatic carbocycles. The molecule has 0 aromatic rings. The van der Waals surface area contributed by atoms with Gasteiger partial charge in [-0.2, -0.15) is 0 Å². The molecule has 108 valence electrons. The quantitative estimate of drug-likeness (QED) is 0.736. The zero-order chi connectivity index (χ0) is 15.3. The number of ether oxygens (including phenoxy) is 1. The third-order valence-electron chi connectivity index (χ3n) is 3.06. The number of carbonyl (C=O) groups is 1. The molecule has 4 heteroatoms. The fourth-order valence-electron chi connectivity index (χ4n) is 1.80. The molecular weight excluding hydrogens is 249 g/mol. The van der Waals surface area contributed by atoms with Crippen LogP contribution in [-0.4, -0.2) is 38.0 Å². The average Bonchev–Trinajstić information content (AvgIpc) is 2.34. The molecule has 0 unspecified atom stereocenters.